The van der Waals surface area contributed by atoms with Gasteiger partial charge in [-0.3, -0.25) is 9.59 Å². The second kappa shape index (κ2) is 8.31. The smallest absolute Gasteiger partial charge is 0.262 e. The number of anilines is 1. The van der Waals surface area contributed by atoms with Crippen molar-refractivity contribution in [3.63, 3.8) is 0 Å². The SMILES string of the molecule is CC[C@H](C)NC(=O)c1ccc2c(c1)NC(=O)/C(=C\c1cccc(OC)c1)S2. The van der Waals surface area contributed by atoms with Gasteiger partial charge in [0.25, 0.3) is 11.8 Å². The maximum atomic E-state index is 12.5. The molecule has 0 spiro atoms. The summed E-state index contributed by atoms with van der Waals surface area (Å²) in [4.78, 5) is 26.3. The van der Waals surface area contributed by atoms with Gasteiger partial charge in [0.15, 0.2) is 0 Å². The molecule has 0 radical (unpaired) electrons. The third kappa shape index (κ3) is 4.52. The Kier molecular flexibility index (Phi) is 5.86. The van der Waals surface area contributed by atoms with E-state index in [2.05, 4.69) is 10.6 Å². The van der Waals surface area contributed by atoms with Gasteiger partial charge >= 0.3 is 0 Å². The summed E-state index contributed by atoms with van der Waals surface area (Å²) in [5.41, 5.74) is 2.08. The highest BCUT2D eigenvalue weighted by Gasteiger charge is 2.22. The van der Waals surface area contributed by atoms with Gasteiger partial charge in [0.05, 0.1) is 17.7 Å². The summed E-state index contributed by atoms with van der Waals surface area (Å²) in [5, 5.41) is 5.82. The number of hydrogen-bond donors (Lipinski definition) is 2. The van der Waals surface area contributed by atoms with E-state index in [9.17, 15) is 9.59 Å². The molecule has 27 heavy (non-hydrogen) atoms. The molecular weight excluding hydrogens is 360 g/mol. The lowest BCUT2D eigenvalue weighted by molar-refractivity contribution is -0.112. The molecular formula is C21H22N2O3S. The monoisotopic (exact) mass is 382 g/mol. The van der Waals surface area contributed by atoms with Crippen LogP contribution in [-0.2, 0) is 4.79 Å². The van der Waals surface area contributed by atoms with Crippen molar-refractivity contribution in [2.45, 2.75) is 31.2 Å². The first kappa shape index (κ1) is 19.0. The lowest BCUT2D eigenvalue weighted by Crippen LogP contribution is -2.32. The van der Waals surface area contributed by atoms with E-state index in [4.69, 9.17) is 4.74 Å². The number of hydrogen-bond acceptors (Lipinski definition) is 4. The van der Waals surface area contributed by atoms with Gasteiger partial charge in [-0.25, -0.2) is 0 Å². The fraction of sp³-hybridized carbons (Fsp3) is 0.238. The molecule has 0 fully saturated rings. The lowest BCUT2D eigenvalue weighted by Gasteiger charge is -2.20. The van der Waals surface area contributed by atoms with E-state index in [1.807, 2.05) is 50.3 Å². The Hall–Kier alpha value is -2.73. The second-order valence-electron chi connectivity index (χ2n) is 6.34. The zero-order chi connectivity index (χ0) is 19.4. The third-order valence-corrected chi connectivity index (χ3v) is 5.41. The Morgan fingerprint density at radius 1 is 1.30 bits per heavy atom. The van der Waals surface area contributed by atoms with Gasteiger partial charge in [0.1, 0.15) is 5.75 Å². The molecule has 2 amide bonds. The first-order valence-electron chi connectivity index (χ1n) is 8.80. The third-order valence-electron chi connectivity index (χ3n) is 4.32. The first-order chi connectivity index (χ1) is 13.0. The zero-order valence-corrected chi connectivity index (χ0v) is 16.4. The second-order valence-corrected chi connectivity index (χ2v) is 7.42. The van der Waals surface area contributed by atoms with Gasteiger partial charge in [-0.2, -0.15) is 0 Å². The first-order valence-corrected chi connectivity index (χ1v) is 9.61. The van der Waals surface area contributed by atoms with Crippen LogP contribution in [0.3, 0.4) is 0 Å². The normalized spacial score (nSPS) is 15.7. The Bertz CT molecular complexity index is 908. The summed E-state index contributed by atoms with van der Waals surface area (Å²) < 4.78 is 5.22. The van der Waals surface area contributed by atoms with E-state index < -0.39 is 0 Å². The molecule has 2 aromatic rings. The predicted octanol–water partition coefficient (Wildman–Crippen LogP) is 4.31. The van der Waals surface area contributed by atoms with Gasteiger partial charge < -0.3 is 15.4 Å². The molecule has 6 heteroatoms. The topological polar surface area (TPSA) is 67.4 Å². The van der Waals surface area contributed by atoms with Crippen LogP contribution in [0.5, 0.6) is 5.75 Å². The van der Waals surface area contributed by atoms with E-state index in [0.29, 0.717) is 16.2 Å². The van der Waals surface area contributed by atoms with Crippen LogP contribution in [0.1, 0.15) is 36.2 Å². The van der Waals surface area contributed by atoms with E-state index in [-0.39, 0.29) is 17.9 Å². The average molecular weight is 382 g/mol. The minimum Gasteiger partial charge on any atom is -0.497 e. The number of amides is 2. The summed E-state index contributed by atoms with van der Waals surface area (Å²) in [7, 11) is 1.61. The van der Waals surface area contributed by atoms with Crippen molar-refractivity contribution in [1.29, 1.82) is 0 Å². The molecule has 1 atom stereocenters. The average Bonchev–Trinajstić information content (AvgIpc) is 2.68. The van der Waals surface area contributed by atoms with Crippen molar-refractivity contribution in [2.75, 3.05) is 12.4 Å². The van der Waals surface area contributed by atoms with Gasteiger partial charge in [0, 0.05) is 16.5 Å². The van der Waals surface area contributed by atoms with Crippen LogP contribution in [0.4, 0.5) is 5.69 Å². The van der Waals surface area contributed by atoms with Crippen LogP contribution in [-0.4, -0.2) is 25.0 Å². The maximum absolute atomic E-state index is 12.5. The number of methoxy groups -OCH3 is 1. The van der Waals surface area contributed by atoms with Crippen LogP contribution in [0, 0.1) is 0 Å². The quantitative estimate of drug-likeness (QED) is 0.756. The van der Waals surface area contributed by atoms with Crippen molar-refractivity contribution in [1.82, 2.24) is 5.32 Å². The van der Waals surface area contributed by atoms with Crippen molar-refractivity contribution < 1.29 is 14.3 Å². The van der Waals surface area contributed by atoms with Crippen molar-refractivity contribution in [2.24, 2.45) is 0 Å². The number of benzene rings is 2. The molecule has 0 unspecified atom stereocenters. The van der Waals surface area contributed by atoms with Crippen LogP contribution in [0.15, 0.2) is 52.3 Å². The van der Waals surface area contributed by atoms with E-state index >= 15 is 0 Å². The summed E-state index contributed by atoms with van der Waals surface area (Å²) in [6, 6.07) is 13.0. The van der Waals surface area contributed by atoms with Crippen molar-refractivity contribution in [3.05, 3.63) is 58.5 Å². The highest BCUT2D eigenvalue weighted by atomic mass is 32.2. The lowest BCUT2D eigenvalue weighted by atomic mass is 10.1. The zero-order valence-electron chi connectivity index (χ0n) is 15.5. The summed E-state index contributed by atoms with van der Waals surface area (Å²) in [6.07, 6.45) is 2.69. The molecule has 2 N–H and O–H groups in total. The highest BCUT2D eigenvalue weighted by molar-refractivity contribution is 8.04. The molecule has 0 aromatic heterocycles. The predicted molar refractivity (Wildman–Crippen MR) is 109 cm³/mol. The summed E-state index contributed by atoms with van der Waals surface area (Å²) in [5.74, 6) is 0.418. The number of thioether (sulfide) groups is 1. The van der Waals surface area contributed by atoms with Crippen LogP contribution >= 0.6 is 11.8 Å². The molecule has 1 heterocycles. The van der Waals surface area contributed by atoms with Crippen molar-refractivity contribution >= 4 is 35.3 Å². The largest absolute Gasteiger partial charge is 0.497 e. The van der Waals surface area contributed by atoms with Gasteiger partial charge in [-0.15, -0.1) is 0 Å². The van der Waals surface area contributed by atoms with E-state index in [1.165, 1.54) is 11.8 Å². The molecule has 0 saturated carbocycles. The molecule has 5 nitrogen and oxygen atoms in total. The number of carbonyl (C=O) groups excluding carboxylic acids is 2. The standard InChI is InChI=1S/C21H22N2O3S/c1-4-13(2)22-20(24)15-8-9-18-17(12-15)23-21(25)19(27-18)11-14-6-5-7-16(10-14)26-3/h5-13H,4H2,1-3H3,(H,22,24)(H,23,25)/b19-11+/t13-/m0/s1. The molecule has 0 saturated heterocycles. The number of ether oxygens (including phenoxy) is 1. The minimum absolute atomic E-state index is 0.106. The molecule has 0 aliphatic carbocycles. The fourth-order valence-electron chi connectivity index (χ4n) is 2.59. The van der Waals surface area contributed by atoms with Gasteiger partial charge in [0.2, 0.25) is 0 Å². The summed E-state index contributed by atoms with van der Waals surface area (Å²) >= 11 is 1.39. The number of nitrogens with one attached hydrogen (secondary N) is 2. The Morgan fingerprint density at radius 2 is 2.11 bits per heavy atom. The Balaban J connectivity index is 1.82. The number of fused-ring (bicyclic) bond motifs is 1. The highest BCUT2D eigenvalue weighted by Crippen LogP contribution is 2.39. The fourth-order valence-corrected chi connectivity index (χ4v) is 3.53. The number of rotatable bonds is 5. The molecule has 1 aliphatic heterocycles. The molecule has 3 rings (SSSR count). The van der Waals surface area contributed by atoms with Crippen LogP contribution < -0.4 is 15.4 Å². The summed E-state index contributed by atoms with van der Waals surface area (Å²) in [6.45, 7) is 3.98. The molecule has 0 bridgehead atoms. The molecule has 140 valence electrons. The van der Waals surface area contributed by atoms with Crippen molar-refractivity contribution in [3.8, 4) is 5.75 Å². The molecule has 2 aromatic carbocycles. The van der Waals surface area contributed by atoms with Gasteiger partial charge in [-0.05, 0) is 55.3 Å². The van der Waals surface area contributed by atoms with E-state index in [0.717, 1.165) is 22.6 Å². The van der Waals surface area contributed by atoms with Crippen LogP contribution in [0.2, 0.25) is 0 Å². The Morgan fingerprint density at radius 3 is 2.85 bits per heavy atom. The van der Waals surface area contributed by atoms with Gasteiger partial charge in [-0.1, -0.05) is 30.8 Å². The minimum atomic E-state index is -0.185. The van der Waals surface area contributed by atoms with Crippen LogP contribution in [0.25, 0.3) is 6.08 Å². The van der Waals surface area contributed by atoms with E-state index in [1.54, 1.807) is 19.2 Å². The molecule has 1 aliphatic rings. The Labute approximate surface area is 163 Å². The maximum Gasteiger partial charge on any atom is 0.262 e. The number of carbonyl (C=O) groups is 2.